The highest BCUT2D eigenvalue weighted by Gasteiger charge is 2.21. The number of hydrogen-bond acceptors (Lipinski definition) is 3. The number of amides is 1. The smallest absolute Gasteiger partial charge is 0.270 e. The molecular weight excluding hydrogens is 240 g/mol. The molecule has 1 fully saturated rings. The summed E-state index contributed by atoms with van der Waals surface area (Å²) in [5, 5.41) is 3.13. The van der Waals surface area contributed by atoms with Crippen molar-refractivity contribution in [1.82, 2.24) is 19.7 Å². The minimum absolute atomic E-state index is 0.0249. The lowest BCUT2D eigenvalue weighted by atomic mass is 9.95. The van der Waals surface area contributed by atoms with Crippen LogP contribution in [-0.2, 0) is 0 Å². The topological polar surface area (TPSA) is 59.3 Å². The van der Waals surface area contributed by atoms with Gasteiger partial charge in [-0.15, -0.1) is 0 Å². The molecule has 2 aromatic heterocycles. The van der Waals surface area contributed by atoms with Gasteiger partial charge in [-0.1, -0.05) is 19.3 Å². The molecule has 5 heteroatoms. The number of imidazole rings is 1. The fourth-order valence-corrected chi connectivity index (χ4v) is 2.80. The van der Waals surface area contributed by atoms with E-state index in [9.17, 15) is 4.79 Å². The molecule has 100 valence electrons. The molecule has 3 rings (SSSR count). The van der Waals surface area contributed by atoms with Crippen molar-refractivity contribution in [3.63, 3.8) is 0 Å². The molecule has 0 unspecified atom stereocenters. The molecule has 0 radical (unpaired) electrons. The maximum atomic E-state index is 12.4. The number of carbonyl (C=O) groups excluding carboxylic acids is 1. The molecule has 0 atom stereocenters. The summed E-state index contributed by atoms with van der Waals surface area (Å²) in [7, 11) is 0. The van der Waals surface area contributed by atoms with Gasteiger partial charge < -0.3 is 5.32 Å². The van der Waals surface area contributed by atoms with Crippen molar-refractivity contribution >= 4 is 11.6 Å². The van der Waals surface area contributed by atoms with Crippen molar-refractivity contribution in [1.29, 1.82) is 0 Å². The van der Waals surface area contributed by atoms with E-state index in [2.05, 4.69) is 15.3 Å². The second-order valence-electron chi connectivity index (χ2n) is 5.16. The molecule has 2 heterocycles. The number of nitrogens with zero attached hydrogens (tertiary/aromatic N) is 3. The van der Waals surface area contributed by atoms with Crippen LogP contribution in [0, 0.1) is 6.92 Å². The molecule has 1 aliphatic rings. The maximum Gasteiger partial charge on any atom is 0.270 e. The molecule has 1 aliphatic carbocycles. The van der Waals surface area contributed by atoms with Crippen LogP contribution in [0.3, 0.4) is 0 Å². The van der Waals surface area contributed by atoms with Crippen molar-refractivity contribution < 1.29 is 4.79 Å². The van der Waals surface area contributed by atoms with E-state index in [0.29, 0.717) is 17.4 Å². The van der Waals surface area contributed by atoms with E-state index in [-0.39, 0.29) is 5.91 Å². The van der Waals surface area contributed by atoms with Gasteiger partial charge in [-0.05, 0) is 19.8 Å². The summed E-state index contributed by atoms with van der Waals surface area (Å²) < 4.78 is 1.81. The summed E-state index contributed by atoms with van der Waals surface area (Å²) in [5.41, 5.74) is 2.10. The molecule has 5 nitrogen and oxygen atoms in total. The monoisotopic (exact) mass is 258 g/mol. The van der Waals surface area contributed by atoms with Crippen LogP contribution in [0.5, 0.6) is 0 Å². The van der Waals surface area contributed by atoms with Crippen molar-refractivity contribution in [3.8, 4) is 0 Å². The summed E-state index contributed by atoms with van der Waals surface area (Å²) in [4.78, 5) is 20.8. The molecule has 0 spiro atoms. The quantitative estimate of drug-likeness (QED) is 0.897. The van der Waals surface area contributed by atoms with Crippen molar-refractivity contribution in [2.75, 3.05) is 0 Å². The van der Waals surface area contributed by atoms with Crippen molar-refractivity contribution in [2.45, 2.75) is 45.1 Å². The fourth-order valence-electron chi connectivity index (χ4n) is 2.80. The van der Waals surface area contributed by atoms with Gasteiger partial charge in [0, 0.05) is 18.4 Å². The van der Waals surface area contributed by atoms with E-state index in [1.54, 1.807) is 23.0 Å². The Kier molecular flexibility index (Phi) is 3.19. The van der Waals surface area contributed by atoms with E-state index in [0.717, 1.165) is 18.5 Å². The Balaban J connectivity index is 1.86. The van der Waals surface area contributed by atoms with Crippen LogP contribution in [0.25, 0.3) is 5.65 Å². The predicted octanol–water partition coefficient (Wildman–Crippen LogP) is 2.10. The van der Waals surface area contributed by atoms with Gasteiger partial charge in [-0.3, -0.25) is 14.2 Å². The highest BCUT2D eigenvalue weighted by atomic mass is 16.2. The first-order valence-corrected chi connectivity index (χ1v) is 6.85. The zero-order valence-electron chi connectivity index (χ0n) is 11.1. The van der Waals surface area contributed by atoms with E-state index < -0.39 is 0 Å². The number of rotatable bonds is 2. The fraction of sp³-hybridized carbons (Fsp3) is 0.500. The molecule has 0 aliphatic heterocycles. The van der Waals surface area contributed by atoms with E-state index in [1.165, 1.54) is 19.3 Å². The number of nitrogens with one attached hydrogen (secondary N) is 1. The third-order valence-corrected chi connectivity index (χ3v) is 3.76. The van der Waals surface area contributed by atoms with Gasteiger partial charge in [-0.25, -0.2) is 4.98 Å². The number of aromatic nitrogens is 3. The molecule has 1 N–H and O–H groups in total. The second kappa shape index (κ2) is 4.99. The van der Waals surface area contributed by atoms with Crippen LogP contribution in [-0.4, -0.2) is 26.3 Å². The minimum atomic E-state index is -0.0249. The summed E-state index contributed by atoms with van der Waals surface area (Å²) in [6.07, 6.45) is 11.0. The van der Waals surface area contributed by atoms with Crippen LogP contribution in [0.15, 0.2) is 18.6 Å². The van der Waals surface area contributed by atoms with Crippen LogP contribution in [0.1, 0.15) is 48.3 Å². The maximum absolute atomic E-state index is 12.4. The largest absolute Gasteiger partial charge is 0.348 e. The standard InChI is InChI=1S/C14H18N4O/c1-10-13(18-8-7-15-9-12(18)16-10)14(19)17-11-5-3-2-4-6-11/h7-9,11H,2-6H2,1H3,(H,17,19). The van der Waals surface area contributed by atoms with Gasteiger partial charge in [0.2, 0.25) is 0 Å². The highest BCUT2D eigenvalue weighted by Crippen LogP contribution is 2.18. The van der Waals surface area contributed by atoms with E-state index in [1.807, 2.05) is 6.92 Å². The molecule has 0 aromatic carbocycles. The Bertz CT molecular complexity index is 599. The Morgan fingerprint density at radius 3 is 2.95 bits per heavy atom. The number of carbonyl (C=O) groups is 1. The zero-order chi connectivity index (χ0) is 13.2. The summed E-state index contributed by atoms with van der Waals surface area (Å²) >= 11 is 0. The zero-order valence-corrected chi connectivity index (χ0v) is 11.1. The Hall–Kier alpha value is -1.91. The number of aryl methyl sites for hydroxylation is 1. The van der Waals surface area contributed by atoms with E-state index >= 15 is 0 Å². The Morgan fingerprint density at radius 2 is 2.16 bits per heavy atom. The molecule has 0 saturated heterocycles. The predicted molar refractivity (Wildman–Crippen MR) is 72.1 cm³/mol. The first-order chi connectivity index (χ1) is 9.25. The van der Waals surface area contributed by atoms with Gasteiger partial charge in [0.05, 0.1) is 11.9 Å². The molecule has 0 bridgehead atoms. The Labute approximate surface area is 112 Å². The Morgan fingerprint density at radius 1 is 1.37 bits per heavy atom. The van der Waals surface area contributed by atoms with Crippen molar-refractivity contribution in [2.24, 2.45) is 0 Å². The van der Waals surface area contributed by atoms with Crippen LogP contribution in [0.2, 0.25) is 0 Å². The first-order valence-electron chi connectivity index (χ1n) is 6.85. The summed E-state index contributed by atoms with van der Waals surface area (Å²) in [6.45, 7) is 1.86. The third kappa shape index (κ3) is 2.32. The van der Waals surface area contributed by atoms with Gasteiger partial charge in [0.1, 0.15) is 5.69 Å². The average Bonchev–Trinajstić information content (AvgIpc) is 2.75. The lowest BCUT2D eigenvalue weighted by Crippen LogP contribution is -2.37. The molecule has 2 aromatic rings. The summed E-state index contributed by atoms with van der Waals surface area (Å²) in [5.74, 6) is -0.0249. The lowest BCUT2D eigenvalue weighted by molar-refractivity contribution is 0.0921. The highest BCUT2D eigenvalue weighted by molar-refractivity contribution is 5.94. The molecular formula is C14H18N4O. The molecule has 19 heavy (non-hydrogen) atoms. The van der Waals surface area contributed by atoms with Gasteiger partial charge in [0.15, 0.2) is 5.65 Å². The van der Waals surface area contributed by atoms with E-state index in [4.69, 9.17) is 0 Å². The second-order valence-corrected chi connectivity index (χ2v) is 5.16. The van der Waals surface area contributed by atoms with Crippen LogP contribution < -0.4 is 5.32 Å². The SMILES string of the molecule is Cc1nc2cnccn2c1C(=O)NC1CCCCC1. The third-order valence-electron chi connectivity index (χ3n) is 3.76. The number of hydrogen-bond donors (Lipinski definition) is 1. The van der Waals surface area contributed by atoms with Crippen LogP contribution >= 0.6 is 0 Å². The normalized spacial score (nSPS) is 16.7. The minimum Gasteiger partial charge on any atom is -0.348 e. The van der Waals surface area contributed by atoms with Crippen LogP contribution in [0.4, 0.5) is 0 Å². The molecule has 1 saturated carbocycles. The van der Waals surface area contributed by atoms with Gasteiger partial charge in [-0.2, -0.15) is 0 Å². The lowest BCUT2D eigenvalue weighted by Gasteiger charge is -2.22. The van der Waals surface area contributed by atoms with Gasteiger partial charge >= 0.3 is 0 Å². The first kappa shape index (κ1) is 12.1. The number of fused-ring (bicyclic) bond motifs is 1. The van der Waals surface area contributed by atoms with Gasteiger partial charge in [0.25, 0.3) is 5.91 Å². The average molecular weight is 258 g/mol. The van der Waals surface area contributed by atoms with Crippen molar-refractivity contribution in [3.05, 3.63) is 30.0 Å². The molecule has 1 amide bonds. The summed E-state index contributed by atoms with van der Waals surface area (Å²) in [6, 6.07) is 0.313.